The monoisotopic (exact) mass is 328 g/mol. The van der Waals surface area contributed by atoms with Crippen molar-refractivity contribution in [1.29, 1.82) is 0 Å². The molecule has 2 N–H and O–H groups in total. The van der Waals surface area contributed by atoms with Crippen molar-refractivity contribution in [1.82, 2.24) is 10.9 Å². The number of Topliss-reactive ketones (excluding diaryl/α,β-unsaturated/α-hetero) is 1. The molecule has 0 unspecified atom stereocenters. The molecule has 0 bridgehead atoms. The lowest BCUT2D eigenvalue weighted by molar-refractivity contribution is -0.121. The maximum atomic E-state index is 12.2. The lowest BCUT2D eigenvalue weighted by atomic mass is 9.99. The predicted octanol–water partition coefficient (Wildman–Crippen LogP) is 2.63. The maximum absolute atomic E-state index is 12.2. The van der Waals surface area contributed by atoms with Crippen molar-refractivity contribution >= 4 is 17.6 Å². The molecule has 126 valence electrons. The number of carbonyl (C=O) groups excluding carboxylic acids is 3. The van der Waals surface area contributed by atoms with Crippen molar-refractivity contribution in [2.75, 3.05) is 0 Å². The molecule has 1 heterocycles. The van der Waals surface area contributed by atoms with Gasteiger partial charge in [-0.3, -0.25) is 25.2 Å². The Kier molecular flexibility index (Phi) is 5.52. The van der Waals surface area contributed by atoms with Gasteiger partial charge in [-0.1, -0.05) is 17.7 Å². The first-order chi connectivity index (χ1) is 11.4. The molecular formula is C18H20N2O4. The van der Waals surface area contributed by atoms with E-state index in [9.17, 15) is 14.4 Å². The van der Waals surface area contributed by atoms with E-state index in [1.165, 1.54) is 12.3 Å². The van der Waals surface area contributed by atoms with E-state index in [0.29, 0.717) is 16.9 Å². The number of rotatable bonds is 5. The average molecular weight is 328 g/mol. The molecule has 6 heteroatoms. The fourth-order valence-electron chi connectivity index (χ4n) is 2.27. The van der Waals surface area contributed by atoms with Crippen LogP contribution in [0.4, 0.5) is 0 Å². The van der Waals surface area contributed by atoms with Crippen LogP contribution < -0.4 is 10.9 Å². The number of furan rings is 1. The topological polar surface area (TPSA) is 88.4 Å². The van der Waals surface area contributed by atoms with Gasteiger partial charge < -0.3 is 4.42 Å². The van der Waals surface area contributed by atoms with Crippen LogP contribution in [-0.2, 0) is 4.79 Å². The van der Waals surface area contributed by atoms with Gasteiger partial charge in [0.05, 0.1) is 11.8 Å². The van der Waals surface area contributed by atoms with Gasteiger partial charge in [0.25, 0.3) is 5.91 Å². The number of hydrazine groups is 1. The lowest BCUT2D eigenvalue weighted by Crippen LogP contribution is -2.41. The molecule has 6 nitrogen and oxygen atoms in total. The quantitative estimate of drug-likeness (QED) is 0.652. The number of benzene rings is 1. The Morgan fingerprint density at radius 3 is 2.38 bits per heavy atom. The standard InChI is InChI=1S/C18H20N2O4/c1-11-4-5-12(2)15(10-11)16(21)6-7-17(22)19-20-18(23)14-8-9-24-13(14)3/h4-5,8-10H,6-7H2,1-3H3,(H,19,22)(H,20,23). The summed E-state index contributed by atoms with van der Waals surface area (Å²) in [5.41, 5.74) is 7.45. The molecule has 0 saturated heterocycles. The van der Waals surface area contributed by atoms with Crippen molar-refractivity contribution < 1.29 is 18.8 Å². The largest absolute Gasteiger partial charge is 0.469 e. The Hall–Kier alpha value is -2.89. The molecule has 2 aromatic rings. The molecule has 0 aliphatic heterocycles. The highest BCUT2D eigenvalue weighted by Crippen LogP contribution is 2.13. The number of ketones is 1. The van der Waals surface area contributed by atoms with Gasteiger partial charge in [0, 0.05) is 18.4 Å². The third-order valence-corrected chi connectivity index (χ3v) is 3.69. The van der Waals surface area contributed by atoms with Crippen LogP contribution in [0.15, 0.2) is 34.9 Å². The highest BCUT2D eigenvalue weighted by molar-refractivity contribution is 6.00. The van der Waals surface area contributed by atoms with E-state index in [0.717, 1.165) is 11.1 Å². The summed E-state index contributed by atoms with van der Waals surface area (Å²) in [7, 11) is 0. The highest BCUT2D eigenvalue weighted by Gasteiger charge is 2.14. The smallest absolute Gasteiger partial charge is 0.273 e. The van der Waals surface area contributed by atoms with Crippen molar-refractivity contribution in [2.24, 2.45) is 0 Å². The second-order valence-electron chi connectivity index (χ2n) is 5.63. The first-order valence-electron chi connectivity index (χ1n) is 7.62. The fraction of sp³-hybridized carbons (Fsp3) is 0.278. The van der Waals surface area contributed by atoms with E-state index in [2.05, 4.69) is 10.9 Å². The van der Waals surface area contributed by atoms with Crippen LogP contribution in [0.1, 0.15) is 50.4 Å². The Morgan fingerprint density at radius 2 is 1.71 bits per heavy atom. The summed E-state index contributed by atoms with van der Waals surface area (Å²) in [6.07, 6.45) is 1.47. The zero-order valence-electron chi connectivity index (χ0n) is 13.9. The predicted molar refractivity (Wildman–Crippen MR) is 88.5 cm³/mol. The molecule has 0 radical (unpaired) electrons. The van der Waals surface area contributed by atoms with Crippen LogP contribution >= 0.6 is 0 Å². The number of hydrogen-bond donors (Lipinski definition) is 2. The summed E-state index contributed by atoms with van der Waals surface area (Å²) in [6, 6.07) is 7.15. The Labute approximate surface area is 140 Å². The van der Waals surface area contributed by atoms with E-state index < -0.39 is 11.8 Å². The molecule has 0 fully saturated rings. The van der Waals surface area contributed by atoms with E-state index in [1.807, 2.05) is 32.0 Å². The van der Waals surface area contributed by atoms with E-state index >= 15 is 0 Å². The number of aryl methyl sites for hydroxylation is 3. The highest BCUT2D eigenvalue weighted by atomic mass is 16.3. The Balaban J connectivity index is 1.83. The molecule has 0 aliphatic rings. The minimum atomic E-state index is -0.463. The number of hydrogen-bond acceptors (Lipinski definition) is 4. The Morgan fingerprint density at radius 1 is 0.958 bits per heavy atom. The SMILES string of the molecule is Cc1ccc(C)c(C(=O)CCC(=O)NNC(=O)c2ccoc2C)c1. The summed E-state index contributed by atoms with van der Waals surface area (Å²) in [4.78, 5) is 35.8. The van der Waals surface area contributed by atoms with Gasteiger partial charge in [-0.2, -0.15) is 0 Å². The molecule has 24 heavy (non-hydrogen) atoms. The first-order valence-corrected chi connectivity index (χ1v) is 7.62. The zero-order valence-corrected chi connectivity index (χ0v) is 13.9. The van der Waals surface area contributed by atoms with Crippen molar-refractivity contribution in [3.05, 3.63) is 58.5 Å². The summed E-state index contributed by atoms with van der Waals surface area (Å²) < 4.78 is 5.02. The van der Waals surface area contributed by atoms with Crippen molar-refractivity contribution in [3.8, 4) is 0 Å². The molecule has 2 rings (SSSR count). The number of carbonyl (C=O) groups is 3. The van der Waals surface area contributed by atoms with Crippen molar-refractivity contribution in [3.63, 3.8) is 0 Å². The van der Waals surface area contributed by atoms with Gasteiger partial charge in [-0.25, -0.2) is 0 Å². The maximum Gasteiger partial charge on any atom is 0.273 e. The molecule has 0 atom stereocenters. The van der Waals surface area contributed by atoms with Crippen LogP contribution in [0.5, 0.6) is 0 Å². The summed E-state index contributed by atoms with van der Waals surface area (Å²) >= 11 is 0. The van der Waals surface area contributed by atoms with Gasteiger partial charge in [0.2, 0.25) is 5.91 Å². The molecule has 2 amide bonds. The molecular weight excluding hydrogens is 308 g/mol. The Bertz CT molecular complexity index is 777. The molecule has 1 aromatic carbocycles. The second kappa shape index (κ2) is 7.59. The van der Waals surface area contributed by atoms with Gasteiger partial charge in [0.1, 0.15) is 5.76 Å². The minimum absolute atomic E-state index is 0.00311. The zero-order chi connectivity index (χ0) is 17.7. The van der Waals surface area contributed by atoms with Gasteiger partial charge in [-0.05, 0) is 38.5 Å². The molecule has 0 saturated carbocycles. The van der Waals surface area contributed by atoms with E-state index in [-0.39, 0.29) is 18.6 Å². The summed E-state index contributed by atoms with van der Waals surface area (Å²) in [5.74, 6) is -0.520. The average Bonchev–Trinajstić information content (AvgIpc) is 2.98. The van der Waals surface area contributed by atoms with E-state index in [1.54, 1.807) is 6.92 Å². The lowest BCUT2D eigenvalue weighted by Gasteiger charge is -2.08. The normalized spacial score (nSPS) is 10.3. The summed E-state index contributed by atoms with van der Waals surface area (Å²) in [6.45, 7) is 5.43. The van der Waals surface area contributed by atoms with Crippen molar-refractivity contribution in [2.45, 2.75) is 33.6 Å². The van der Waals surface area contributed by atoms with Crippen LogP contribution in [0.2, 0.25) is 0 Å². The van der Waals surface area contributed by atoms with E-state index in [4.69, 9.17) is 4.42 Å². The molecule has 0 aliphatic carbocycles. The van der Waals surface area contributed by atoms with Crippen LogP contribution in [0.25, 0.3) is 0 Å². The fourth-order valence-corrected chi connectivity index (χ4v) is 2.27. The molecule has 1 aromatic heterocycles. The third-order valence-electron chi connectivity index (χ3n) is 3.69. The van der Waals surface area contributed by atoms with Crippen LogP contribution in [0, 0.1) is 20.8 Å². The number of nitrogens with one attached hydrogen (secondary N) is 2. The summed E-state index contributed by atoms with van der Waals surface area (Å²) in [5, 5.41) is 0. The van der Waals surface area contributed by atoms with Gasteiger partial charge in [-0.15, -0.1) is 0 Å². The molecule has 0 spiro atoms. The second-order valence-corrected chi connectivity index (χ2v) is 5.63. The van der Waals surface area contributed by atoms with Gasteiger partial charge in [0.15, 0.2) is 5.78 Å². The van der Waals surface area contributed by atoms with Gasteiger partial charge >= 0.3 is 0 Å². The third kappa shape index (κ3) is 4.32. The number of amides is 2. The first kappa shape index (κ1) is 17.5. The van der Waals surface area contributed by atoms with Crippen LogP contribution in [0.3, 0.4) is 0 Å². The minimum Gasteiger partial charge on any atom is -0.469 e. The van der Waals surface area contributed by atoms with Crippen LogP contribution in [-0.4, -0.2) is 17.6 Å².